The Labute approximate surface area is 35.7 Å². The largest absolute Gasteiger partial charge is 0.478 e. The third kappa shape index (κ3) is 0.578. The highest BCUT2D eigenvalue weighted by Gasteiger charge is 1.89. The molecule has 0 spiro atoms. The predicted molar refractivity (Wildman–Crippen MR) is 21.2 cm³/mol. The van der Waals surface area contributed by atoms with Gasteiger partial charge in [0.2, 0.25) is 12.9 Å². The summed E-state index contributed by atoms with van der Waals surface area (Å²) in [6, 6.07) is 0. The number of rotatable bonds is 0. The molecule has 0 fully saturated rings. The summed E-state index contributed by atoms with van der Waals surface area (Å²) in [6.07, 6.45) is 3.38. The number of cyclic esters (lactones) is 1. The van der Waals surface area contributed by atoms with Crippen molar-refractivity contribution in [2.45, 2.75) is 0 Å². The average molecular weight is 85.1 g/mol. The molecule has 0 saturated carbocycles. The van der Waals surface area contributed by atoms with Crippen molar-refractivity contribution in [1.29, 1.82) is 0 Å². The minimum Gasteiger partial charge on any atom is -0.319 e. The number of carbonyl (C=O) groups excluding carboxylic acids is 1. The Kier molecular flexibility index (Phi) is 0.906. The molecule has 2 heteroatoms. The molecule has 0 bridgehead atoms. The van der Waals surface area contributed by atoms with Crippen molar-refractivity contribution >= 4 is 6.47 Å². The van der Waals surface area contributed by atoms with Gasteiger partial charge < -0.3 is 4.42 Å². The molecule has 0 aromatic carbocycles. The van der Waals surface area contributed by atoms with Gasteiger partial charge in [-0.25, -0.2) is 0 Å². The van der Waals surface area contributed by atoms with Crippen LogP contribution in [0.1, 0.15) is 0 Å². The van der Waals surface area contributed by atoms with Crippen molar-refractivity contribution in [3.8, 4) is 0 Å². The number of ether oxygens (including phenoxy) is 1. The maximum atomic E-state index is 4.64. The molecule has 0 atom stereocenters. The minimum absolute atomic E-state index is 0.639. The second-order valence-corrected chi connectivity index (χ2v) is 0.937. The van der Waals surface area contributed by atoms with Crippen LogP contribution in [0.25, 0.3) is 0 Å². The molecule has 0 radical (unpaired) electrons. The summed E-state index contributed by atoms with van der Waals surface area (Å²) >= 11 is 0. The van der Waals surface area contributed by atoms with E-state index in [0.29, 0.717) is 6.61 Å². The third-order valence-electron chi connectivity index (χ3n) is 0.491. The molecule has 0 saturated heterocycles. The second kappa shape index (κ2) is 1.60. The van der Waals surface area contributed by atoms with E-state index in [1.54, 1.807) is 12.3 Å². The topological polar surface area (TPSA) is 20.5 Å². The van der Waals surface area contributed by atoms with Gasteiger partial charge in [-0.1, -0.05) is 0 Å². The lowest BCUT2D eigenvalue weighted by atomic mass is 10.7. The van der Waals surface area contributed by atoms with E-state index in [0.717, 1.165) is 0 Å². The Morgan fingerprint density at radius 2 is 2.67 bits per heavy atom. The van der Waals surface area contributed by atoms with Gasteiger partial charge in [-0.3, -0.25) is 4.74 Å². The van der Waals surface area contributed by atoms with Crippen LogP contribution in [0, 0.1) is 0 Å². The highest BCUT2D eigenvalue weighted by Crippen LogP contribution is 1.77. The fourth-order valence-electron chi connectivity index (χ4n) is 0.261. The van der Waals surface area contributed by atoms with E-state index in [2.05, 4.69) is 9.16 Å². The first-order valence-corrected chi connectivity index (χ1v) is 1.74. The molecule has 2 nitrogen and oxygen atoms in total. The van der Waals surface area contributed by atoms with Crippen molar-refractivity contribution in [3.63, 3.8) is 0 Å². The molecular weight excluding hydrogens is 80.0 g/mol. The quantitative estimate of drug-likeness (QED) is 0.304. The van der Waals surface area contributed by atoms with Gasteiger partial charge in [-0.05, 0) is 0 Å². The molecular formula is C4H5O2+. The van der Waals surface area contributed by atoms with E-state index in [9.17, 15) is 0 Å². The lowest BCUT2D eigenvalue weighted by molar-refractivity contribution is -0.450. The molecule has 0 unspecified atom stereocenters. The predicted octanol–water partition coefficient (Wildman–Crippen LogP) is 0.222. The van der Waals surface area contributed by atoms with Crippen molar-refractivity contribution < 1.29 is 9.16 Å². The van der Waals surface area contributed by atoms with Gasteiger partial charge in [-0.2, -0.15) is 0 Å². The summed E-state index contributed by atoms with van der Waals surface area (Å²) in [4.78, 5) is 0. The highest BCUT2D eigenvalue weighted by molar-refractivity contribution is 5.39. The zero-order chi connectivity index (χ0) is 4.24. The normalized spacial score (nSPS) is 17.3. The fourth-order valence-corrected chi connectivity index (χ4v) is 0.261. The molecule has 0 amide bonds. The van der Waals surface area contributed by atoms with Gasteiger partial charge in [0.15, 0.2) is 0 Å². The Balaban J connectivity index is 2.40. The highest BCUT2D eigenvalue weighted by atomic mass is 16.6. The van der Waals surface area contributed by atoms with Crippen LogP contribution in [0.4, 0.5) is 0 Å². The molecule has 0 N–H and O–H groups in total. The van der Waals surface area contributed by atoms with E-state index < -0.39 is 0 Å². The molecule has 1 aliphatic rings. The fraction of sp³-hybridized carbons (Fsp3) is 0.250. The van der Waals surface area contributed by atoms with Crippen LogP contribution < -0.4 is 0 Å². The van der Waals surface area contributed by atoms with E-state index >= 15 is 0 Å². The number of hydrogen-bond donors (Lipinski definition) is 0. The van der Waals surface area contributed by atoms with Crippen LogP contribution in [-0.2, 0) is 9.16 Å². The van der Waals surface area contributed by atoms with Crippen molar-refractivity contribution in [1.82, 2.24) is 0 Å². The first-order chi connectivity index (χ1) is 3.00. The Morgan fingerprint density at radius 3 is 2.83 bits per heavy atom. The summed E-state index contributed by atoms with van der Waals surface area (Å²) in [5.41, 5.74) is 0. The Hall–Kier alpha value is -0.790. The first-order valence-electron chi connectivity index (χ1n) is 1.74. The minimum atomic E-state index is 0.639. The first kappa shape index (κ1) is 3.40. The van der Waals surface area contributed by atoms with Gasteiger partial charge >= 0.3 is 6.47 Å². The molecule has 1 rings (SSSR count). The van der Waals surface area contributed by atoms with E-state index in [1.165, 1.54) is 6.47 Å². The summed E-state index contributed by atoms with van der Waals surface area (Å²) in [6.45, 7) is 1.94. The summed E-state index contributed by atoms with van der Waals surface area (Å²) in [5, 5.41) is 0. The van der Waals surface area contributed by atoms with Gasteiger partial charge in [0.1, 0.15) is 0 Å². The lowest BCUT2D eigenvalue weighted by Crippen LogP contribution is -1.90. The van der Waals surface area contributed by atoms with Crippen molar-refractivity contribution in [2.24, 2.45) is 0 Å². The number of hydrogen-bond acceptors (Lipinski definition) is 1. The molecule has 1 aliphatic heterocycles. The smallest absolute Gasteiger partial charge is 0.319 e. The third-order valence-corrected chi connectivity index (χ3v) is 0.491. The van der Waals surface area contributed by atoms with Crippen LogP contribution in [0.2, 0.25) is 0 Å². The summed E-state index contributed by atoms with van der Waals surface area (Å²) < 4.78 is 9.18. The molecule has 1 heterocycles. The van der Waals surface area contributed by atoms with Gasteiger partial charge in [0.25, 0.3) is 0 Å². The standard InChI is InChI=1S/C4H5O2/c1-2-5-4-6-3-1/h1-2,4H,3H2/q+1. The van der Waals surface area contributed by atoms with E-state index in [-0.39, 0.29) is 0 Å². The average Bonchev–Trinajstić information content (AvgIpc) is 1.72. The van der Waals surface area contributed by atoms with Gasteiger partial charge in [0.05, 0.1) is 0 Å². The summed E-state index contributed by atoms with van der Waals surface area (Å²) in [5.74, 6) is 0. The molecule has 0 aromatic heterocycles. The van der Waals surface area contributed by atoms with Gasteiger partial charge in [-0.15, -0.1) is 0 Å². The SMILES string of the molecule is C1=COC=[O+]C1. The monoisotopic (exact) mass is 85.0 g/mol. The maximum absolute atomic E-state index is 4.64. The zero-order valence-corrected chi connectivity index (χ0v) is 3.26. The summed E-state index contributed by atoms with van der Waals surface area (Å²) in [7, 11) is 0. The van der Waals surface area contributed by atoms with E-state index in [1.807, 2.05) is 0 Å². The van der Waals surface area contributed by atoms with Crippen LogP contribution in [0.15, 0.2) is 12.3 Å². The molecule has 0 aliphatic carbocycles. The molecule has 0 aromatic rings. The Morgan fingerprint density at radius 1 is 1.67 bits per heavy atom. The van der Waals surface area contributed by atoms with Crippen molar-refractivity contribution in [2.75, 3.05) is 6.61 Å². The molecule has 32 valence electrons. The van der Waals surface area contributed by atoms with Crippen LogP contribution in [0.3, 0.4) is 0 Å². The van der Waals surface area contributed by atoms with Crippen LogP contribution in [0.5, 0.6) is 0 Å². The zero-order valence-electron chi connectivity index (χ0n) is 3.26. The van der Waals surface area contributed by atoms with Crippen LogP contribution in [-0.4, -0.2) is 13.1 Å². The maximum Gasteiger partial charge on any atom is 0.478 e. The van der Waals surface area contributed by atoms with Crippen LogP contribution >= 0.6 is 0 Å². The second-order valence-electron chi connectivity index (χ2n) is 0.937. The van der Waals surface area contributed by atoms with Crippen molar-refractivity contribution in [3.05, 3.63) is 12.3 Å². The van der Waals surface area contributed by atoms with Gasteiger partial charge in [0, 0.05) is 6.08 Å². The Bertz CT molecular complexity index is 63.5. The van der Waals surface area contributed by atoms with E-state index in [4.69, 9.17) is 0 Å². The lowest BCUT2D eigenvalue weighted by Gasteiger charge is -1.79. The molecule has 6 heavy (non-hydrogen) atoms.